The van der Waals surface area contributed by atoms with E-state index in [-0.39, 0.29) is 49.6 Å². The SMILES string of the molecule is C/C=C/[C@H](OCOCC[Si](C)(C)C)C(C)(C)[C@H]1C/C=C\C#C/C=C/[C@H](OC)Cc2nc(co2)C(=O)O[C@@H](C(C)(C)[C@H](/C=C/C)OCOCC[Si](C)(C)C)C/C=C\C#C/C=C/[C@H](OC)Cc2nc(co2)C(=O)O1. The Morgan fingerprint density at radius 1 is 0.639 bits per heavy atom. The number of oxazole rings is 2. The Kier molecular flexibility index (Phi) is 26.4. The van der Waals surface area contributed by atoms with Crippen LogP contribution in [0.25, 0.3) is 0 Å². The zero-order chi connectivity index (χ0) is 53.2. The van der Waals surface area contributed by atoms with Gasteiger partial charge < -0.3 is 46.7 Å². The summed E-state index contributed by atoms with van der Waals surface area (Å²) < 4.78 is 59.6. The number of hydrogen-bond donors (Lipinski definition) is 0. The third-order valence-corrected chi connectivity index (χ3v) is 15.4. The lowest BCUT2D eigenvalue weighted by molar-refractivity contribution is -0.129. The Bertz CT molecular complexity index is 2110. The summed E-state index contributed by atoms with van der Waals surface area (Å²) in [5, 5.41) is 0. The van der Waals surface area contributed by atoms with Crippen molar-refractivity contribution in [1.82, 2.24) is 9.97 Å². The molecule has 0 radical (unpaired) electrons. The second kappa shape index (κ2) is 31.0. The summed E-state index contributed by atoms with van der Waals surface area (Å²) >= 11 is 0. The van der Waals surface area contributed by atoms with Crippen molar-refractivity contribution in [2.75, 3.05) is 41.0 Å². The maximum absolute atomic E-state index is 13.8. The van der Waals surface area contributed by atoms with Gasteiger partial charge in [0.05, 0.1) is 37.3 Å². The van der Waals surface area contributed by atoms with E-state index in [0.717, 1.165) is 12.1 Å². The minimum absolute atomic E-state index is 0.0246. The molecule has 1 aliphatic heterocycles. The first-order valence-electron chi connectivity index (χ1n) is 24.8. The highest BCUT2D eigenvalue weighted by Gasteiger charge is 2.41. The van der Waals surface area contributed by atoms with E-state index in [1.54, 1.807) is 50.7 Å². The molecule has 0 amide bonds. The van der Waals surface area contributed by atoms with Crippen LogP contribution >= 0.6 is 0 Å². The van der Waals surface area contributed by atoms with Crippen molar-refractivity contribution in [3.05, 3.63) is 109 Å². The Balaban J connectivity index is 1.95. The third-order valence-electron chi connectivity index (χ3n) is 12.0. The highest BCUT2D eigenvalue weighted by Crippen LogP contribution is 2.36. The van der Waals surface area contributed by atoms with Gasteiger partial charge in [-0.15, -0.1) is 0 Å². The first-order chi connectivity index (χ1) is 34.1. The summed E-state index contributed by atoms with van der Waals surface area (Å²) in [6, 6.07) is 2.03. The van der Waals surface area contributed by atoms with Gasteiger partial charge in [-0.1, -0.05) is 127 Å². The van der Waals surface area contributed by atoms with Gasteiger partial charge in [0.2, 0.25) is 0 Å². The number of nitrogens with zero attached hydrogens (tertiary/aromatic N) is 2. The Morgan fingerprint density at radius 2 is 1.01 bits per heavy atom. The summed E-state index contributed by atoms with van der Waals surface area (Å²) in [4.78, 5) is 36.5. The van der Waals surface area contributed by atoms with Gasteiger partial charge in [-0.05, 0) is 62.4 Å². The van der Waals surface area contributed by atoms with Crippen LogP contribution in [-0.2, 0) is 50.7 Å². The van der Waals surface area contributed by atoms with Crippen LogP contribution in [0.4, 0.5) is 0 Å². The summed E-state index contributed by atoms with van der Waals surface area (Å²) in [6.07, 6.45) is 22.2. The number of hydrogen-bond acceptors (Lipinski definition) is 14. The van der Waals surface area contributed by atoms with Gasteiger partial charge >= 0.3 is 11.9 Å². The number of methoxy groups -OCH3 is 2. The predicted octanol–water partition coefficient (Wildman–Crippen LogP) is 11.2. The molecule has 14 nitrogen and oxygen atoms in total. The number of esters is 2. The van der Waals surface area contributed by atoms with E-state index in [1.807, 2.05) is 78.0 Å². The quantitative estimate of drug-likeness (QED) is 0.0308. The molecule has 2 aromatic rings. The first-order valence-corrected chi connectivity index (χ1v) is 32.2. The van der Waals surface area contributed by atoms with Crippen molar-refractivity contribution in [2.45, 2.75) is 155 Å². The molecule has 6 atom stereocenters. The van der Waals surface area contributed by atoms with Gasteiger partial charge in [-0.2, -0.15) is 0 Å². The molecule has 4 bridgehead atoms. The van der Waals surface area contributed by atoms with E-state index < -0.39 is 75.5 Å². The molecule has 16 heteroatoms. The number of rotatable bonds is 20. The average molecular weight is 1030 g/mol. The van der Waals surface area contributed by atoms with Crippen molar-refractivity contribution < 1.29 is 56.3 Å². The number of carbonyl (C=O) groups is 2. The second-order valence-corrected chi connectivity index (χ2v) is 32.4. The first kappa shape index (κ1) is 61.4. The van der Waals surface area contributed by atoms with Crippen LogP contribution in [0.5, 0.6) is 0 Å². The lowest BCUT2D eigenvalue weighted by Gasteiger charge is -2.38. The molecular weight excluding hydrogens is 949 g/mol. The zero-order valence-electron chi connectivity index (χ0n) is 45.4. The van der Waals surface area contributed by atoms with E-state index in [4.69, 9.17) is 46.7 Å². The molecule has 0 spiro atoms. The number of allylic oxidation sites excluding steroid dienone is 6. The minimum Gasteiger partial charge on any atom is -0.457 e. The number of ether oxygens (including phenoxy) is 8. The lowest BCUT2D eigenvalue weighted by atomic mass is 9.78. The number of carbonyl (C=O) groups excluding carboxylic acids is 2. The van der Waals surface area contributed by atoms with Crippen LogP contribution in [0.1, 0.15) is 87.1 Å². The number of fused-ring (bicyclic) bond motifs is 4. The molecule has 0 aliphatic carbocycles. The molecule has 2 aromatic heterocycles. The van der Waals surface area contributed by atoms with E-state index in [0.29, 0.717) is 26.1 Å². The van der Waals surface area contributed by atoms with Gasteiger partial charge in [0.25, 0.3) is 0 Å². The predicted molar refractivity (Wildman–Crippen MR) is 287 cm³/mol. The molecular formula is C56H82N2O12Si2. The topological polar surface area (TPSA) is 160 Å². The van der Waals surface area contributed by atoms with Crippen LogP contribution in [0.2, 0.25) is 51.4 Å². The van der Waals surface area contributed by atoms with Crippen molar-refractivity contribution in [3.8, 4) is 23.7 Å². The fourth-order valence-corrected chi connectivity index (χ4v) is 8.58. The Morgan fingerprint density at radius 3 is 1.36 bits per heavy atom. The summed E-state index contributed by atoms with van der Waals surface area (Å²) in [7, 11) is 0.563. The smallest absolute Gasteiger partial charge is 0.360 e. The molecule has 3 rings (SSSR count). The fourth-order valence-electron chi connectivity index (χ4n) is 7.06. The van der Waals surface area contributed by atoms with Gasteiger partial charge in [-0.3, -0.25) is 0 Å². The molecule has 0 fully saturated rings. The Hall–Kier alpha value is -4.89. The molecule has 3 heterocycles. The third kappa shape index (κ3) is 22.5. The average Bonchev–Trinajstić information content (AvgIpc) is 4.00. The summed E-state index contributed by atoms with van der Waals surface area (Å²) in [5.74, 6) is 11.4. The molecule has 72 heavy (non-hydrogen) atoms. The van der Waals surface area contributed by atoms with E-state index in [9.17, 15) is 9.59 Å². The number of aromatic nitrogens is 2. The molecule has 1 aliphatic rings. The van der Waals surface area contributed by atoms with Crippen molar-refractivity contribution in [1.29, 1.82) is 0 Å². The van der Waals surface area contributed by atoms with Crippen molar-refractivity contribution >= 4 is 28.1 Å². The highest BCUT2D eigenvalue weighted by molar-refractivity contribution is 6.76. The molecule has 0 saturated heterocycles. The van der Waals surface area contributed by atoms with E-state index in [1.165, 1.54) is 12.5 Å². The van der Waals surface area contributed by atoms with Crippen molar-refractivity contribution in [3.63, 3.8) is 0 Å². The van der Waals surface area contributed by atoms with Crippen LogP contribution < -0.4 is 0 Å². The van der Waals surface area contributed by atoms with Crippen LogP contribution in [-0.4, -0.2) is 116 Å². The maximum atomic E-state index is 13.8. The molecule has 0 saturated carbocycles. The van der Waals surface area contributed by atoms with Crippen LogP contribution in [0, 0.1) is 34.5 Å². The number of cyclic esters (lactones) is 2. The van der Waals surface area contributed by atoms with E-state index >= 15 is 0 Å². The van der Waals surface area contributed by atoms with Crippen molar-refractivity contribution in [2.24, 2.45) is 10.8 Å². The maximum Gasteiger partial charge on any atom is 0.360 e. The largest absolute Gasteiger partial charge is 0.457 e. The van der Waals surface area contributed by atoms with Crippen LogP contribution in [0.3, 0.4) is 0 Å². The summed E-state index contributed by atoms with van der Waals surface area (Å²) in [6.45, 7) is 27.0. The monoisotopic (exact) mass is 1030 g/mol. The van der Waals surface area contributed by atoms with Gasteiger partial charge in [0.1, 0.15) is 38.3 Å². The standard InChI is InChI=1S/C56H82N2O12Si2/c1-15-27-47(67-41-63-33-35-71(9,10)11)55(3,4)49-31-25-21-17-19-23-29-44(62-8)38-52-58-46(40-66-52)54(60)70-50(56(5,6)48(28-16-2)68-42-64-34-36-72(12,13)14)32-26-22-18-20-24-30-43(61-7)37-51-57-45(39-65-51)53(59)69-49/h15-16,21-30,39-40,43-44,47-50H,31-38,41-42H2,1-14H3/b25-21-,26-22-,27-15+,28-16+,29-23+,30-24+/t43-,44-,47-,48-,49+,50+/m0/s1. The highest BCUT2D eigenvalue weighted by atomic mass is 28.3. The molecule has 396 valence electrons. The molecule has 0 aromatic carbocycles. The van der Waals surface area contributed by atoms with E-state index in [2.05, 4.69) is 72.9 Å². The fraction of sp³-hybridized carbons (Fsp3) is 0.571. The normalized spacial score (nSPS) is 22.1. The molecule has 0 unspecified atom stereocenters. The Labute approximate surface area is 432 Å². The summed E-state index contributed by atoms with van der Waals surface area (Å²) in [5.41, 5.74) is -1.42. The second-order valence-electron chi connectivity index (χ2n) is 21.1. The van der Waals surface area contributed by atoms with Gasteiger partial charge in [0, 0.05) is 67.3 Å². The van der Waals surface area contributed by atoms with Crippen LogP contribution in [0.15, 0.2) is 94.3 Å². The molecule has 0 N–H and O–H groups in total. The minimum atomic E-state index is -1.29. The lowest BCUT2D eigenvalue weighted by Crippen LogP contribution is -2.43. The zero-order valence-corrected chi connectivity index (χ0v) is 47.4. The van der Waals surface area contributed by atoms with Gasteiger partial charge in [-0.25, -0.2) is 19.6 Å². The van der Waals surface area contributed by atoms with Gasteiger partial charge in [0.15, 0.2) is 23.2 Å².